The summed E-state index contributed by atoms with van der Waals surface area (Å²) in [5.74, 6) is 0. The van der Waals surface area contributed by atoms with Gasteiger partial charge in [0, 0.05) is 19.1 Å². The van der Waals surface area contributed by atoms with E-state index in [0.717, 1.165) is 11.0 Å². The minimum atomic E-state index is -4.57. The van der Waals surface area contributed by atoms with E-state index in [1.54, 1.807) is 0 Å². The summed E-state index contributed by atoms with van der Waals surface area (Å²) in [6.07, 6.45) is -8.53. The molecule has 0 radical (unpaired) electrons. The molecule has 1 fully saturated rings. The monoisotopic (exact) mass is 326 g/mol. The predicted molar refractivity (Wildman–Crippen MR) is 69.2 cm³/mol. The van der Waals surface area contributed by atoms with Gasteiger partial charge in [-0.1, -0.05) is 18.2 Å². The largest absolute Gasteiger partial charge is 0.416 e. The summed E-state index contributed by atoms with van der Waals surface area (Å²) in [6.45, 7) is -0.669. The van der Waals surface area contributed by atoms with Gasteiger partial charge in [-0.3, -0.25) is 4.90 Å². The molecule has 0 aromatic heterocycles. The minimum absolute atomic E-state index is 0.133. The fraction of sp³-hybridized carbons (Fsp3) is 0.571. The molecule has 0 saturated carbocycles. The molecule has 1 aromatic carbocycles. The molecule has 8 heteroatoms. The van der Waals surface area contributed by atoms with Gasteiger partial charge in [0.15, 0.2) is 0 Å². The van der Waals surface area contributed by atoms with Gasteiger partial charge in [-0.2, -0.15) is 26.3 Å². The summed E-state index contributed by atoms with van der Waals surface area (Å²) >= 11 is 0. The third-order valence-electron chi connectivity index (χ3n) is 3.63. The van der Waals surface area contributed by atoms with Crippen molar-refractivity contribution in [1.29, 1.82) is 0 Å². The lowest BCUT2D eigenvalue weighted by Crippen LogP contribution is -2.42. The number of halogens is 6. The Balaban J connectivity index is 2.23. The zero-order valence-electron chi connectivity index (χ0n) is 11.6. The van der Waals surface area contributed by atoms with Gasteiger partial charge in [0.1, 0.15) is 0 Å². The first-order valence-corrected chi connectivity index (χ1v) is 6.83. The number of alkyl halides is 6. The Hall–Kier alpha value is -1.28. The Morgan fingerprint density at radius 1 is 1.09 bits per heavy atom. The van der Waals surface area contributed by atoms with E-state index in [2.05, 4.69) is 5.32 Å². The van der Waals surface area contributed by atoms with Crippen LogP contribution in [0.25, 0.3) is 0 Å². The third kappa shape index (κ3) is 4.61. The van der Waals surface area contributed by atoms with Crippen molar-refractivity contribution in [1.82, 2.24) is 10.2 Å². The lowest BCUT2D eigenvalue weighted by atomic mass is 10.1. The van der Waals surface area contributed by atoms with Gasteiger partial charge in [0.2, 0.25) is 0 Å². The first kappa shape index (κ1) is 17.1. The van der Waals surface area contributed by atoms with Crippen LogP contribution in [0, 0.1) is 0 Å². The standard InChI is InChI=1S/C14H16F6N2/c15-13(16,17)9-22(11-5-6-21-7-11)8-10-3-1-2-4-12(10)14(18,19)20/h1-4,11,21H,5-9H2/t11-/m0/s1. The van der Waals surface area contributed by atoms with E-state index in [1.165, 1.54) is 18.2 Å². The molecule has 0 unspecified atom stereocenters. The molecule has 1 N–H and O–H groups in total. The molecule has 0 aliphatic carbocycles. The van der Waals surface area contributed by atoms with Crippen LogP contribution in [-0.4, -0.2) is 36.8 Å². The topological polar surface area (TPSA) is 15.3 Å². The molecule has 2 nitrogen and oxygen atoms in total. The van der Waals surface area contributed by atoms with Crippen LogP contribution < -0.4 is 5.32 Å². The van der Waals surface area contributed by atoms with Gasteiger partial charge in [0.25, 0.3) is 0 Å². The molecule has 1 heterocycles. The zero-order valence-corrected chi connectivity index (χ0v) is 11.6. The van der Waals surface area contributed by atoms with E-state index in [9.17, 15) is 26.3 Å². The second kappa shape index (κ2) is 6.45. The minimum Gasteiger partial charge on any atom is -0.315 e. The van der Waals surface area contributed by atoms with Crippen molar-refractivity contribution in [2.45, 2.75) is 31.4 Å². The van der Waals surface area contributed by atoms with E-state index in [4.69, 9.17) is 0 Å². The van der Waals surface area contributed by atoms with Crippen molar-refractivity contribution < 1.29 is 26.3 Å². The van der Waals surface area contributed by atoms with E-state index in [0.29, 0.717) is 19.5 Å². The molecule has 1 saturated heterocycles. The van der Waals surface area contributed by atoms with E-state index in [1.807, 2.05) is 0 Å². The Morgan fingerprint density at radius 2 is 1.77 bits per heavy atom. The Labute approximate surface area is 124 Å². The summed E-state index contributed by atoms with van der Waals surface area (Å²) < 4.78 is 77.0. The first-order valence-electron chi connectivity index (χ1n) is 6.83. The van der Waals surface area contributed by atoms with Crippen LogP contribution in [0.2, 0.25) is 0 Å². The number of hydrogen-bond acceptors (Lipinski definition) is 2. The van der Waals surface area contributed by atoms with E-state index < -0.39 is 30.5 Å². The lowest BCUT2D eigenvalue weighted by Gasteiger charge is -2.30. The van der Waals surface area contributed by atoms with Crippen LogP contribution in [0.5, 0.6) is 0 Å². The molecule has 1 aromatic rings. The zero-order chi connectivity index (χ0) is 16.4. The highest BCUT2D eigenvalue weighted by molar-refractivity contribution is 5.29. The number of nitrogens with one attached hydrogen (secondary N) is 1. The van der Waals surface area contributed by atoms with Crippen molar-refractivity contribution in [3.8, 4) is 0 Å². The summed E-state index contributed by atoms with van der Waals surface area (Å²) in [4.78, 5) is 1.07. The molecule has 1 atom stereocenters. The number of nitrogens with zero attached hydrogens (tertiary/aromatic N) is 1. The normalized spacial score (nSPS) is 19.9. The first-order chi connectivity index (χ1) is 10.2. The Bertz CT molecular complexity index is 491. The highest BCUT2D eigenvalue weighted by Crippen LogP contribution is 2.33. The average molecular weight is 326 g/mol. The van der Waals surface area contributed by atoms with Crippen LogP contribution in [-0.2, 0) is 12.7 Å². The molecule has 2 rings (SSSR count). The maximum Gasteiger partial charge on any atom is 0.416 e. The van der Waals surface area contributed by atoms with Crippen LogP contribution in [0.15, 0.2) is 24.3 Å². The van der Waals surface area contributed by atoms with Crippen molar-refractivity contribution in [3.05, 3.63) is 35.4 Å². The van der Waals surface area contributed by atoms with E-state index in [-0.39, 0.29) is 12.1 Å². The molecule has 0 spiro atoms. The van der Waals surface area contributed by atoms with Crippen molar-refractivity contribution >= 4 is 0 Å². The third-order valence-corrected chi connectivity index (χ3v) is 3.63. The second-order valence-electron chi connectivity index (χ2n) is 5.32. The summed E-state index contributed by atoms with van der Waals surface area (Å²) in [6, 6.07) is 4.35. The van der Waals surface area contributed by atoms with Crippen LogP contribution in [0.4, 0.5) is 26.3 Å². The molecule has 1 aliphatic heterocycles. The summed E-state index contributed by atoms with van der Waals surface area (Å²) in [7, 11) is 0. The van der Waals surface area contributed by atoms with Crippen LogP contribution >= 0.6 is 0 Å². The predicted octanol–water partition coefficient (Wildman–Crippen LogP) is 3.43. The smallest absolute Gasteiger partial charge is 0.315 e. The van der Waals surface area contributed by atoms with Gasteiger partial charge < -0.3 is 5.32 Å². The quantitative estimate of drug-likeness (QED) is 0.853. The Kier molecular flexibility index (Phi) is 5.01. The van der Waals surface area contributed by atoms with Gasteiger partial charge in [-0.25, -0.2) is 0 Å². The summed E-state index contributed by atoms with van der Waals surface area (Å²) in [5.41, 5.74) is -1.01. The number of benzene rings is 1. The van der Waals surface area contributed by atoms with Crippen molar-refractivity contribution in [3.63, 3.8) is 0 Å². The fourth-order valence-electron chi connectivity index (χ4n) is 2.65. The maximum absolute atomic E-state index is 13.0. The SMILES string of the molecule is FC(F)(F)CN(Cc1ccccc1C(F)(F)F)[C@H]1CCNC1. The molecule has 22 heavy (non-hydrogen) atoms. The fourth-order valence-corrected chi connectivity index (χ4v) is 2.65. The van der Waals surface area contributed by atoms with Crippen LogP contribution in [0.3, 0.4) is 0 Å². The molecular formula is C14H16F6N2. The highest BCUT2D eigenvalue weighted by atomic mass is 19.4. The van der Waals surface area contributed by atoms with Gasteiger partial charge in [-0.05, 0) is 24.6 Å². The maximum atomic E-state index is 13.0. The Morgan fingerprint density at radius 3 is 2.32 bits per heavy atom. The summed E-state index contributed by atoms with van der Waals surface area (Å²) in [5, 5.41) is 2.94. The van der Waals surface area contributed by atoms with E-state index >= 15 is 0 Å². The second-order valence-corrected chi connectivity index (χ2v) is 5.32. The number of hydrogen-bond donors (Lipinski definition) is 1. The number of rotatable bonds is 4. The van der Waals surface area contributed by atoms with Crippen molar-refractivity contribution in [2.24, 2.45) is 0 Å². The molecule has 0 amide bonds. The molecule has 124 valence electrons. The molecule has 0 bridgehead atoms. The van der Waals surface area contributed by atoms with Gasteiger partial charge >= 0.3 is 12.4 Å². The van der Waals surface area contributed by atoms with Crippen LogP contribution in [0.1, 0.15) is 17.5 Å². The van der Waals surface area contributed by atoms with Crippen molar-refractivity contribution in [2.75, 3.05) is 19.6 Å². The highest BCUT2D eigenvalue weighted by Gasteiger charge is 2.37. The molecule has 1 aliphatic rings. The molecular weight excluding hydrogens is 310 g/mol. The average Bonchev–Trinajstić information content (AvgIpc) is 2.89. The van der Waals surface area contributed by atoms with Gasteiger partial charge in [0.05, 0.1) is 12.1 Å². The van der Waals surface area contributed by atoms with Gasteiger partial charge in [-0.15, -0.1) is 0 Å². The lowest BCUT2D eigenvalue weighted by molar-refractivity contribution is -0.152.